The lowest BCUT2D eigenvalue weighted by Crippen LogP contribution is -2.20. The maximum atomic E-state index is 13.1. The Kier molecular flexibility index (Phi) is 3.58. The second-order valence-corrected chi connectivity index (χ2v) is 6.53. The zero-order valence-corrected chi connectivity index (χ0v) is 15.0. The van der Waals surface area contributed by atoms with Gasteiger partial charge in [-0.1, -0.05) is 6.07 Å². The van der Waals surface area contributed by atoms with Gasteiger partial charge in [0.1, 0.15) is 0 Å². The molecule has 0 spiro atoms. The van der Waals surface area contributed by atoms with Crippen molar-refractivity contribution in [2.45, 2.75) is 6.92 Å². The van der Waals surface area contributed by atoms with Crippen LogP contribution in [-0.2, 0) is 0 Å². The first-order valence-corrected chi connectivity index (χ1v) is 8.95. The van der Waals surface area contributed by atoms with E-state index < -0.39 is 0 Å². The molecule has 0 saturated heterocycles. The van der Waals surface area contributed by atoms with E-state index in [2.05, 4.69) is 15.0 Å². The number of rotatable bonds is 3. The average Bonchev–Trinajstić information content (AvgIpc) is 3.12. The highest BCUT2D eigenvalue weighted by molar-refractivity contribution is 6.32. The number of aromatic amines is 1. The highest BCUT2D eigenvalue weighted by atomic mass is 16.5. The molecule has 1 aliphatic carbocycles. The number of carbonyl (C=O) groups is 2. The highest BCUT2D eigenvalue weighted by Gasteiger charge is 2.33. The Balaban J connectivity index is 1.69. The minimum Gasteiger partial charge on any atom is -0.478 e. The van der Waals surface area contributed by atoms with E-state index in [1.54, 1.807) is 12.3 Å². The average molecular weight is 369 g/mol. The summed E-state index contributed by atoms with van der Waals surface area (Å²) in [6.45, 7) is 2.44. The molecule has 0 bridgehead atoms. The van der Waals surface area contributed by atoms with Gasteiger partial charge in [0, 0.05) is 41.1 Å². The van der Waals surface area contributed by atoms with Gasteiger partial charge in [-0.05, 0) is 42.3 Å². The van der Waals surface area contributed by atoms with Crippen LogP contribution in [0.1, 0.15) is 38.9 Å². The van der Waals surface area contributed by atoms with Crippen LogP contribution in [0.3, 0.4) is 0 Å². The summed E-state index contributed by atoms with van der Waals surface area (Å²) in [7, 11) is 0. The molecule has 0 radical (unpaired) electrons. The highest BCUT2D eigenvalue weighted by Crippen LogP contribution is 2.34. The first kappa shape index (κ1) is 16.4. The second-order valence-electron chi connectivity index (χ2n) is 6.53. The van der Waals surface area contributed by atoms with Gasteiger partial charge in [-0.25, -0.2) is 4.98 Å². The number of pyridine rings is 2. The fourth-order valence-corrected chi connectivity index (χ4v) is 3.64. The summed E-state index contributed by atoms with van der Waals surface area (Å²) in [5.74, 6) is 0.167. The molecular weight excluding hydrogens is 354 g/mol. The number of fused-ring (bicyclic) bond motifs is 4. The standard InChI is InChI=1S/C22H15N3O3/c1-2-28-18-10-13(5-8-24-18)12-3-4-17-15(9-12)19-20(25-17)22(27)14-6-7-23-11-16(14)21(19)26/h3-11,25H,2H2,1H3. The number of benzene rings is 1. The lowest BCUT2D eigenvalue weighted by atomic mass is 9.88. The van der Waals surface area contributed by atoms with E-state index in [9.17, 15) is 9.59 Å². The lowest BCUT2D eigenvalue weighted by molar-refractivity contribution is 0.0977. The van der Waals surface area contributed by atoms with Crippen LogP contribution >= 0.6 is 0 Å². The number of H-pyrrole nitrogens is 1. The molecule has 6 heteroatoms. The summed E-state index contributed by atoms with van der Waals surface area (Å²) in [5.41, 5.74) is 4.04. The van der Waals surface area contributed by atoms with Crippen LogP contribution in [0.5, 0.6) is 5.88 Å². The maximum absolute atomic E-state index is 13.1. The predicted molar refractivity (Wildman–Crippen MR) is 104 cm³/mol. The van der Waals surface area contributed by atoms with Crippen molar-refractivity contribution in [3.8, 4) is 17.0 Å². The number of hydrogen-bond donors (Lipinski definition) is 1. The summed E-state index contributed by atoms with van der Waals surface area (Å²) in [6, 6.07) is 11.1. The number of hydrogen-bond acceptors (Lipinski definition) is 5. The molecule has 5 rings (SSSR count). The van der Waals surface area contributed by atoms with Crippen molar-refractivity contribution in [3.05, 3.63) is 77.4 Å². The summed E-state index contributed by atoms with van der Waals surface area (Å²) in [4.78, 5) is 37.3. The van der Waals surface area contributed by atoms with Crippen LogP contribution in [-0.4, -0.2) is 33.1 Å². The van der Waals surface area contributed by atoms with Crippen molar-refractivity contribution >= 4 is 22.5 Å². The zero-order valence-electron chi connectivity index (χ0n) is 15.0. The van der Waals surface area contributed by atoms with Crippen molar-refractivity contribution in [3.63, 3.8) is 0 Å². The summed E-state index contributed by atoms with van der Waals surface area (Å²) >= 11 is 0. The maximum Gasteiger partial charge on any atom is 0.213 e. The van der Waals surface area contributed by atoms with E-state index >= 15 is 0 Å². The zero-order chi connectivity index (χ0) is 19.3. The van der Waals surface area contributed by atoms with Gasteiger partial charge in [-0.3, -0.25) is 14.6 Å². The summed E-state index contributed by atoms with van der Waals surface area (Å²) in [5, 5.41) is 0.718. The van der Waals surface area contributed by atoms with Crippen LogP contribution < -0.4 is 4.74 Å². The third-order valence-electron chi connectivity index (χ3n) is 4.92. The van der Waals surface area contributed by atoms with Crippen molar-refractivity contribution < 1.29 is 14.3 Å². The van der Waals surface area contributed by atoms with Crippen molar-refractivity contribution in [2.24, 2.45) is 0 Å². The van der Waals surface area contributed by atoms with E-state index in [1.165, 1.54) is 12.4 Å². The predicted octanol–water partition coefficient (Wildman–Crippen LogP) is 3.80. The van der Waals surface area contributed by atoms with Gasteiger partial charge in [0.15, 0.2) is 5.78 Å². The Bertz CT molecular complexity index is 1270. The number of nitrogens with zero attached hydrogens (tertiary/aromatic N) is 2. The molecule has 4 aromatic rings. The van der Waals surface area contributed by atoms with E-state index in [4.69, 9.17) is 4.74 Å². The summed E-state index contributed by atoms with van der Waals surface area (Å²) < 4.78 is 5.48. The van der Waals surface area contributed by atoms with Gasteiger partial charge in [0.25, 0.3) is 0 Å². The second kappa shape index (κ2) is 6.13. The van der Waals surface area contributed by atoms with Crippen molar-refractivity contribution in [1.82, 2.24) is 15.0 Å². The molecule has 6 nitrogen and oxygen atoms in total. The molecule has 1 N–H and O–H groups in total. The number of nitrogens with one attached hydrogen (secondary N) is 1. The molecule has 3 aromatic heterocycles. The number of aromatic nitrogens is 3. The van der Waals surface area contributed by atoms with Crippen molar-refractivity contribution in [2.75, 3.05) is 6.61 Å². The normalized spacial score (nSPS) is 12.8. The van der Waals surface area contributed by atoms with Crippen LogP contribution in [0, 0.1) is 0 Å². The van der Waals surface area contributed by atoms with Crippen LogP contribution in [0.2, 0.25) is 0 Å². The molecule has 1 aromatic carbocycles. The molecule has 0 unspecified atom stereocenters. The Hall–Kier alpha value is -3.80. The van der Waals surface area contributed by atoms with Gasteiger partial charge in [0.05, 0.1) is 23.4 Å². The topological polar surface area (TPSA) is 84.9 Å². The molecule has 1 aliphatic rings. The van der Waals surface area contributed by atoms with Crippen LogP contribution in [0.15, 0.2) is 55.0 Å². The Morgan fingerprint density at radius 3 is 2.68 bits per heavy atom. The Morgan fingerprint density at radius 1 is 0.964 bits per heavy atom. The first-order valence-electron chi connectivity index (χ1n) is 8.95. The molecular formula is C22H15N3O3. The molecule has 3 heterocycles. The SMILES string of the molecule is CCOc1cc(-c2ccc3[nH]c4c(c3c2)C(=O)c2cnccc2C4=O)ccn1. The first-order chi connectivity index (χ1) is 13.7. The minimum atomic E-state index is -0.189. The minimum absolute atomic E-state index is 0.188. The quantitative estimate of drug-likeness (QED) is 0.523. The van der Waals surface area contributed by atoms with Crippen molar-refractivity contribution in [1.29, 1.82) is 0 Å². The van der Waals surface area contributed by atoms with Gasteiger partial charge < -0.3 is 9.72 Å². The Morgan fingerprint density at radius 2 is 1.82 bits per heavy atom. The molecule has 0 saturated carbocycles. The van der Waals surface area contributed by atoms with E-state index in [1.807, 2.05) is 37.3 Å². The van der Waals surface area contributed by atoms with E-state index in [0.717, 1.165) is 22.0 Å². The van der Waals surface area contributed by atoms with Gasteiger partial charge in [-0.15, -0.1) is 0 Å². The van der Waals surface area contributed by atoms with Gasteiger partial charge in [0.2, 0.25) is 11.7 Å². The van der Waals surface area contributed by atoms with E-state index in [0.29, 0.717) is 34.9 Å². The molecule has 0 aliphatic heterocycles. The largest absolute Gasteiger partial charge is 0.478 e. The molecule has 136 valence electrons. The molecule has 0 fully saturated rings. The third-order valence-corrected chi connectivity index (χ3v) is 4.92. The van der Waals surface area contributed by atoms with Gasteiger partial charge in [-0.2, -0.15) is 0 Å². The van der Waals surface area contributed by atoms with Crippen LogP contribution in [0.4, 0.5) is 0 Å². The molecule has 0 amide bonds. The summed E-state index contributed by atoms with van der Waals surface area (Å²) in [6.07, 6.45) is 4.67. The smallest absolute Gasteiger partial charge is 0.213 e. The Labute approximate surface area is 160 Å². The van der Waals surface area contributed by atoms with E-state index in [-0.39, 0.29) is 11.6 Å². The lowest BCUT2D eigenvalue weighted by Gasteiger charge is -2.13. The number of ether oxygens (including phenoxy) is 1. The van der Waals surface area contributed by atoms with Crippen LogP contribution in [0.25, 0.3) is 22.0 Å². The monoisotopic (exact) mass is 369 g/mol. The number of carbonyl (C=O) groups excluding carboxylic acids is 2. The fourth-order valence-electron chi connectivity index (χ4n) is 3.64. The third kappa shape index (κ3) is 2.35. The van der Waals surface area contributed by atoms with Gasteiger partial charge >= 0.3 is 0 Å². The fraction of sp³-hybridized carbons (Fsp3) is 0.0909. The molecule has 28 heavy (non-hydrogen) atoms. The molecule has 0 atom stereocenters. The number of ketones is 2.